The normalized spacial score (nSPS) is 10.3. The van der Waals surface area contributed by atoms with Crippen molar-refractivity contribution < 1.29 is 14.3 Å². The molecule has 2 rings (SSSR count). The lowest BCUT2D eigenvalue weighted by molar-refractivity contribution is -0.114. The summed E-state index contributed by atoms with van der Waals surface area (Å²) in [6.45, 7) is 1.39. The maximum absolute atomic E-state index is 12.4. The summed E-state index contributed by atoms with van der Waals surface area (Å²) in [5, 5.41) is 2.75. The van der Waals surface area contributed by atoms with E-state index in [0.717, 1.165) is 13.8 Å². The van der Waals surface area contributed by atoms with Crippen molar-refractivity contribution in [2.45, 2.75) is 11.8 Å². The number of benzene rings is 2. The van der Waals surface area contributed by atoms with Gasteiger partial charge in [0.15, 0.2) is 12.4 Å². The van der Waals surface area contributed by atoms with Crippen LogP contribution in [0.5, 0.6) is 5.75 Å². The summed E-state index contributed by atoms with van der Waals surface area (Å²) in [4.78, 5) is 24.4. The van der Waals surface area contributed by atoms with Crippen LogP contribution in [0.3, 0.4) is 0 Å². The summed E-state index contributed by atoms with van der Waals surface area (Å²) in [5.74, 6) is 0.328. The second kappa shape index (κ2) is 8.69. The van der Waals surface area contributed by atoms with Gasteiger partial charge in [-0.1, -0.05) is 15.9 Å². The Morgan fingerprint density at radius 1 is 1.17 bits per heavy atom. The molecule has 4 nitrogen and oxygen atoms in total. The number of hydrogen-bond donors (Lipinski definition) is 1. The van der Waals surface area contributed by atoms with Gasteiger partial charge in [0, 0.05) is 21.9 Å². The summed E-state index contributed by atoms with van der Waals surface area (Å²) in [7, 11) is 0. The lowest BCUT2D eigenvalue weighted by Gasteiger charge is -2.11. The summed E-state index contributed by atoms with van der Waals surface area (Å²) in [6.07, 6.45) is 1.89. The van der Waals surface area contributed by atoms with Crippen LogP contribution in [0.15, 0.2) is 50.2 Å². The first-order valence-corrected chi connectivity index (χ1v) is 9.78. The molecule has 0 fully saturated rings. The van der Waals surface area contributed by atoms with Crippen LogP contribution in [0.4, 0.5) is 5.69 Å². The lowest BCUT2D eigenvalue weighted by Crippen LogP contribution is -2.13. The van der Waals surface area contributed by atoms with Gasteiger partial charge >= 0.3 is 0 Å². The molecule has 0 saturated carbocycles. The predicted molar refractivity (Wildman–Crippen MR) is 104 cm³/mol. The summed E-state index contributed by atoms with van der Waals surface area (Å²) >= 11 is 8.23. The Kier molecular flexibility index (Phi) is 6.89. The van der Waals surface area contributed by atoms with Crippen LogP contribution >= 0.6 is 43.6 Å². The fourth-order valence-corrected chi connectivity index (χ4v) is 3.72. The SMILES string of the molecule is CSc1cc(C(=O)COc2ccc(Br)cc2Br)ccc1NC(C)=O. The number of thioether (sulfide) groups is 1. The van der Waals surface area contributed by atoms with Crippen molar-refractivity contribution in [2.24, 2.45) is 0 Å². The molecule has 0 aromatic heterocycles. The Hall–Kier alpha value is -1.31. The second-order valence-corrected chi connectivity index (χ2v) is 7.50. The van der Waals surface area contributed by atoms with Gasteiger partial charge in [-0.15, -0.1) is 11.8 Å². The van der Waals surface area contributed by atoms with Crippen LogP contribution in [0.2, 0.25) is 0 Å². The number of ether oxygens (including phenoxy) is 1. The van der Waals surface area contributed by atoms with E-state index in [1.54, 1.807) is 24.3 Å². The third-order valence-electron chi connectivity index (χ3n) is 3.09. The number of amides is 1. The Bertz CT molecular complexity index is 780. The van der Waals surface area contributed by atoms with E-state index in [0.29, 0.717) is 17.0 Å². The Morgan fingerprint density at radius 2 is 1.92 bits per heavy atom. The molecule has 0 heterocycles. The van der Waals surface area contributed by atoms with E-state index >= 15 is 0 Å². The van der Waals surface area contributed by atoms with Crippen LogP contribution in [-0.4, -0.2) is 24.6 Å². The minimum Gasteiger partial charge on any atom is -0.484 e. The molecular weight excluding hydrogens is 458 g/mol. The molecule has 0 bridgehead atoms. The standard InChI is InChI=1S/C17H15Br2NO3S/c1-10(21)20-14-5-3-11(7-17(14)24-2)15(22)9-23-16-6-4-12(18)8-13(16)19/h3-8H,9H2,1-2H3,(H,20,21). The van der Waals surface area contributed by atoms with Gasteiger partial charge in [-0.3, -0.25) is 9.59 Å². The molecule has 126 valence electrons. The number of Topliss-reactive ketones (excluding diaryl/α,β-unsaturated/α-hetero) is 1. The minimum atomic E-state index is -0.146. The molecule has 0 aliphatic carbocycles. The molecule has 0 spiro atoms. The smallest absolute Gasteiger partial charge is 0.221 e. The summed E-state index contributed by atoms with van der Waals surface area (Å²) in [6, 6.07) is 10.7. The molecule has 0 saturated heterocycles. The second-order valence-electron chi connectivity index (χ2n) is 4.88. The van der Waals surface area contributed by atoms with Gasteiger partial charge in [-0.25, -0.2) is 0 Å². The van der Waals surface area contributed by atoms with E-state index < -0.39 is 0 Å². The topological polar surface area (TPSA) is 55.4 Å². The zero-order valence-electron chi connectivity index (χ0n) is 13.1. The number of anilines is 1. The third kappa shape index (κ3) is 5.09. The maximum Gasteiger partial charge on any atom is 0.221 e. The molecule has 0 unspecified atom stereocenters. The van der Waals surface area contributed by atoms with Gasteiger partial charge in [0.2, 0.25) is 5.91 Å². The number of carbonyl (C=O) groups excluding carboxylic acids is 2. The monoisotopic (exact) mass is 471 g/mol. The number of carbonyl (C=O) groups is 2. The summed E-state index contributed by atoms with van der Waals surface area (Å²) in [5.41, 5.74) is 1.24. The van der Waals surface area contributed by atoms with E-state index in [1.165, 1.54) is 18.7 Å². The van der Waals surface area contributed by atoms with Gasteiger partial charge < -0.3 is 10.1 Å². The highest BCUT2D eigenvalue weighted by molar-refractivity contribution is 9.11. The zero-order chi connectivity index (χ0) is 17.7. The fourth-order valence-electron chi connectivity index (χ4n) is 1.98. The molecule has 0 atom stereocenters. The quantitative estimate of drug-likeness (QED) is 0.466. The zero-order valence-corrected chi connectivity index (χ0v) is 17.0. The average molecular weight is 473 g/mol. The summed E-state index contributed by atoms with van der Waals surface area (Å²) < 4.78 is 7.28. The van der Waals surface area contributed by atoms with E-state index in [1.807, 2.05) is 18.4 Å². The number of rotatable bonds is 6. The molecular formula is C17H15Br2NO3S. The van der Waals surface area contributed by atoms with Crippen molar-refractivity contribution in [2.75, 3.05) is 18.2 Å². The van der Waals surface area contributed by atoms with Crippen molar-refractivity contribution in [1.82, 2.24) is 0 Å². The Morgan fingerprint density at radius 3 is 2.54 bits per heavy atom. The average Bonchev–Trinajstić information content (AvgIpc) is 2.53. The first-order chi connectivity index (χ1) is 11.4. The number of ketones is 1. The van der Waals surface area contributed by atoms with E-state index in [4.69, 9.17) is 4.74 Å². The number of hydrogen-bond acceptors (Lipinski definition) is 4. The highest BCUT2D eigenvalue weighted by atomic mass is 79.9. The lowest BCUT2D eigenvalue weighted by atomic mass is 10.1. The van der Waals surface area contributed by atoms with E-state index in [2.05, 4.69) is 37.2 Å². The molecule has 2 aromatic rings. The van der Waals surface area contributed by atoms with E-state index in [-0.39, 0.29) is 18.3 Å². The molecule has 0 radical (unpaired) electrons. The maximum atomic E-state index is 12.4. The largest absolute Gasteiger partial charge is 0.484 e. The molecule has 1 amide bonds. The molecule has 1 N–H and O–H groups in total. The highest BCUT2D eigenvalue weighted by Gasteiger charge is 2.12. The highest BCUT2D eigenvalue weighted by Crippen LogP contribution is 2.29. The van der Waals surface area contributed by atoms with Crippen molar-refractivity contribution in [3.63, 3.8) is 0 Å². The van der Waals surface area contributed by atoms with Gasteiger partial charge in [0.25, 0.3) is 0 Å². The minimum absolute atomic E-state index is 0.0620. The van der Waals surface area contributed by atoms with Gasteiger partial charge in [0.05, 0.1) is 10.2 Å². The molecule has 0 aliphatic rings. The van der Waals surface area contributed by atoms with Crippen LogP contribution in [0.1, 0.15) is 17.3 Å². The third-order valence-corrected chi connectivity index (χ3v) is 4.98. The molecule has 0 aliphatic heterocycles. The predicted octanol–water partition coefficient (Wildman–Crippen LogP) is 5.15. The van der Waals surface area contributed by atoms with Crippen LogP contribution in [0, 0.1) is 0 Å². The van der Waals surface area contributed by atoms with Crippen LogP contribution in [0.25, 0.3) is 0 Å². The van der Waals surface area contributed by atoms with Gasteiger partial charge in [-0.05, 0) is 58.6 Å². The van der Waals surface area contributed by atoms with Crippen molar-refractivity contribution in [3.05, 3.63) is 50.9 Å². The molecule has 7 heteroatoms. The van der Waals surface area contributed by atoms with Gasteiger partial charge in [-0.2, -0.15) is 0 Å². The fraction of sp³-hybridized carbons (Fsp3) is 0.176. The number of nitrogens with one attached hydrogen (secondary N) is 1. The van der Waals surface area contributed by atoms with Crippen molar-refractivity contribution in [1.29, 1.82) is 0 Å². The Balaban J connectivity index is 2.10. The van der Waals surface area contributed by atoms with Crippen LogP contribution in [-0.2, 0) is 4.79 Å². The first-order valence-electron chi connectivity index (χ1n) is 6.97. The first kappa shape index (κ1) is 19.0. The van der Waals surface area contributed by atoms with E-state index in [9.17, 15) is 9.59 Å². The molecule has 2 aromatic carbocycles. The van der Waals surface area contributed by atoms with Crippen molar-refractivity contribution in [3.8, 4) is 5.75 Å². The van der Waals surface area contributed by atoms with Gasteiger partial charge in [0.1, 0.15) is 5.75 Å². The Labute approximate surface area is 161 Å². The number of halogens is 2. The van der Waals surface area contributed by atoms with Crippen molar-refractivity contribution >= 4 is 61.0 Å². The van der Waals surface area contributed by atoms with Crippen LogP contribution < -0.4 is 10.1 Å². The molecule has 24 heavy (non-hydrogen) atoms.